The van der Waals surface area contributed by atoms with E-state index in [-0.39, 0.29) is 37.2 Å². The van der Waals surface area contributed by atoms with Gasteiger partial charge < -0.3 is 19.5 Å². The minimum atomic E-state index is -0.656. The van der Waals surface area contributed by atoms with E-state index in [9.17, 15) is 19.5 Å². The number of rotatable bonds is 7. The number of anilines is 1. The lowest BCUT2D eigenvalue weighted by Crippen LogP contribution is -2.46. The van der Waals surface area contributed by atoms with E-state index in [4.69, 9.17) is 9.47 Å². The average molecular weight is 515 g/mol. The SMILES string of the molecule is Cc1ccc(N2C(=O)O[C@@H](CN3CCC(C(=O)OCc4ccccc4)CC3=O)[C@@H]2c2cccc(O)c2)cc1. The number of hydrogen-bond donors (Lipinski definition) is 1. The largest absolute Gasteiger partial charge is 0.508 e. The van der Waals surface area contributed by atoms with Crippen LogP contribution in [0.1, 0.15) is 35.6 Å². The predicted octanol–water partition coefficient (Wildman–Crippen LogP) is 4.75. The lowest BCUT2D eigenvalue weighted by Gasteiger charge is -2.33. The number of nitrogens with zero attached hydrogens (tertiary/aromatic N) is 2. The Balaban J connectivity index is 1.28. The Morgan fingerprint density at radius 2 is 1.79 bits per heavy atom. The summed E-state index contributed by atoms with van der Waals surface area (Å²) in [6.45, 7) is 2.68. The number of esters is 1. The van der Waals surface area contributed by atoms with Gasteiger partial charge in [0, 0.05) is 18.7 Å². The molecule has 2 aliphatic heterocycles. The first kappa shape index (κ1) is 25.3. The van der Waals surface area contributed by atoms with Gasteiger partial charge in [0.1, 0.15) is 24.5 Å². The molecule has 1 unspecified atom stereocenters. The molecule has 3 atom stereocenters. The molecule has 2 heterocycles. The van der Waals surface area contributed by atoms with Crippen LogP contribution < -0.4 is 4.90 Å². The van der Waals surface area contributed by atoms with E-state index < -0.39 is 24.2 Å². The second-order valence-electron chi connectivity index (χ2n) is 9.79. The first-order chi connectivity index (χ1) is 18.4. The van der Waals surface area contributed by atoms with E-state index in [1.54, 1.807) is 28.0 Å². The number of benzene rings is 3. The molecule has 0 radical (unpaired) electrons. The first-order valence-electron chi connectivity index (χ1n) is 12.7. The fraction of sp³-hybridized carbons (Fsp3) is 0.300. The van der Waals surface area contributed by atoms with Gasteiger partial charge in [-0.3, -0.25) is 14.5 Å². The van der Waals surface area contributed by atoms with Crippen molar-refractivity contribution in [2.24, 2.45) is 5.92 Å². The Hall–Kier alpha value is -4.33. The maximum Gasteiger partial charge on any atom is 0.415 e. The minimum absolute atomic E-state index is 0.0484. The zero-order valence-corrected chi connectivity index (χ0v) is 21.2. The molecule has 196 valence electrons. The highest BCUT2D eigenvalue weighted by Crippen LogP contribution is 2.39. The molecule has 5 rings (SSSR count). The van der Waals surface area contributed by atoms with Crippen LogP contribution in [-0.2, 0) is 25.7 Å². The van der Waals surface area contributed by atoms with Crippen LogP contribution in [0, 0.1) is 12.8 Å². The summed E-state index contributed by atoms with van der Waals surface area (Å²) < 4.78 is 11.2. The van der Waals surface area contributed by atoms with Crippen LogP contribution in [0.4, 0.5) is 10.5 Å². The summed E-state index contributed by atoms with van der Waals surface area (Å²) in [5, 5.41) is 10.1. The summed E-state index contributed by atoms with van der Waals surface area (Å²) in [5.74, 6) is -0.982. The zero-order valence-electron chi connectivity index (χ0n) is 21.2. The van der Waals surface area contributed by atoms with Crippen LogP contribution in [0.5, 0.6) is 5.75 Å². The van der Waals surface area contributed by atoms with Gasteiger partial charge in [-0.15, -0.1) is 0 Å². The van der Waals surface area contributed by atoms with Gasteiger partial charge in [-0.05, 0) is 48.7 Å². The number of aromatic hydroxyl groups is 1. The quantitative estimate of drug-likeness (QED) is 0.457. The monoisotopic (exact) mass is 514 g/mol. The Morgan fingerprint density at radius 3 is 2.50 bits per heavy atom. The summed E-state index contributed by atoms with van der Waals surface area (Å²) in [7, 11) is 0. The standard InChI is InChI=1S/C30H30N2O6/c1-20-10-12-24(13-11-20)32-28(22-8-5-9-25(33)16-22)26(38-30(32)36)18-31-15-14-23(17-27(31)34)29(35)37-19-21-6-3-2-4-7-21/h2-13,16,23,26,28,33H,14-15,17-19H2,1H3/t23?,26-,28-/m0/s1. The van der Waals surface area contributed by atoms with Crippen LogP contribution in [0.15, 0.2) is 78.9 Å². The van der Waals surface area contributed by atoms with Crippen molar-refractivity contribution in [3.8, 4) is 5.75 Å². The number of hydrogen-bond acceptors (Lipinski definition) is 6. The normalized spacial score (nSPS) is 21.3. The van der Waals surface area contributed by atoms with Gasteiger partial charge in [-0.25, -0.2) is 4.79 Å². The van der Waals surface area contributed by atoms with Gasteiger partial charge in [0.05, 0.1) is 12.5 Å². The molecule has 3 aromatic rings. The highest BCUT2D eigenvalue weighted by atomic mass is 16.6. The van der Waals surface area contributed by atoms with Crippen molar-refractivity contribution in [2.45, 2.75) is 38.5 Å². The Morgan fingerprint density at radius 1 is 1.03 bits per heavy atom. The van der Waals surface area contributed by atoms with Crippen molar-refractivity contribution in [3.05, 3.63) is 95.6 Å². The number of amides is 2. The minimum Gasteiger partial charge on any atom is -0.508 e. The molecule has 1 N–H and O–H groups in total. The maximum atomic E-state index is 13.1. The van der Waals surface area contributed by atoms with Gasteiger partial charge in [0.2, 0.25) is 5.91 Å². The molecule has 8 heteroatoms. The molecule has 2 fully saturated rings. The van der Waals surface area contributed by atoms with Crippen molar-refractivity contribution in [3.63, 3.8) is 0 Å². The Bertz CT molecular complexity index is 1310. The fourth-order valence-electron chi connectivity index (χ4n) is 5.05. The molecule has 2 aliphatic rings. The molecule has 0 bridgehead atoms. The van der Waals surface area contributed by atoms with E-state index in [1.807, 2.05) is 67.6 Å². The summed E-state index contributed by atoms with van der Waals surface area (Å²) >= 11 is 0. The third kappa shape index (κ3) is 5.49. The van der Waals surface area contributed by atoms with Crippen molar-refractivity contribution >= 4 is 23.7 Å². The molecule has 0 aliphatic carbocycles. The molecule has 0 saturated carbocycles. The van der Waals surface area contributed by atoms with E-state index in [0.29, 0.717) is 24.2 Å². The third-order valence-electron chi connectivity index (χ3n) is 7.08. The number of carbonyl (C=O) groups is 3. The summed E-state index contributed by atoms with van der Waals surface area (Å²) in [5.41, 5.74) is 3.32. The van der Waals surface area contributed by atoms with Crippen molar-refractivity contribution in [2.75, 3.05) is 18.0 Å². The summed E-state index contributed by atoms with van der Waals surface area (Å²) in [6.07, 6.45) is -0.652. The van der Waals surface area contributed by atoms with Crippen LogP contribution >= 0.6 is 0 Å². The number of ether oxygens (including phenoxy) is 2. The van der Waals surface area contributed by atoms with Gasteiger partial charge in [0.25, 0.3) is 0 Å². The summed E-state index contributed by atoms with van der Waals surface area (Å²) in [4.78, 5) is 42.0. The fourth-order valence-corrected chi connectivity index (χ4v) is 5.05. The number of likely N-dealkylation sites (tertiary alicyclic amines) is 1. The zero-order chi connectivity index (χ0) is 26.6. The smallest absolute Gasteiger partial charge is 0.415 e. The van der Waals surface area contributed by atoms with Crippen LogP contribution in [0.2, 0.25) is 0 Å². The van der Waals surface area contributed by atoms with Crippen LogP contribution in [0.3, 0.4) is 0 Å². The Kier molecular flexibility index (Phi) is 7.31. The van der Waals surface area contributed by atoms with E-state index in [1.165, 1.54) is 0 Å². The van der Waals surface area contributed by atoms with Crippen LogP contribution in [0.25, 0.3) is 0 Å². The van der Waals surface area contributed by atoms with Crippen molar-refractivity contribution < 1.29 is 29.0 Å². The highest BCUT2D eigenvalue weighted by molar-refractivity contribution is 5.91. The van der Waals surface area contributed by atoms with Crippen LogP contribution in [-0.4, -0.2) is 47.2 Å². The number of phenols is 1. The van der Waals surface area contributed by atoms with Gasteiger partial charge in [-0.2, -0.15) is 0 Å². The molecular formula is C30H30N2O6. The number of phenolic OH excluding ortho intramolecular Hbond substituents is 1. The topological polar surface area (TPSA) is 96.4 Å². The van der Waals surface area contributed by atoms with Crippen molar-refractivity contribution in [1.29, 1.82) is 0 Å². The predicted molar refractivity (Wildman–Crippen MR) is 140 cm³/mol. The molecule has 38 heavy (non-hydrogen) atoms. The Labute approximate surface area is 221 Å². The van der Waals surface area contributed by atoms with Gasteiger partial charge >= 0.3 is 12.1 Å². The van der Waals surface area contributed by atoms with E-state index in [0.717, 1.165) is 11.1 Å². The molecule has 2 saturated heterocycles. The third-order valence-corrected chi connectivity index (χ3v) is 7.08. The van der Waals surface area contributed by atoms with E-state index in [2.05, 4.69) is 0 Å². The number of cyclic esters (lactones) is 1. The number of carbonyl (C=O) groups excluding carboxylic acids is 3. The molecule has 8 nitrogen and oxygen atoms in total. The lowest BCUT2D eigenvalue weighted by molar-refractivity contribution is -0.156. The maximum absolute atomic E-state index is 13.1. The van der Waals surface area contributed by atoms with Gasteiger partial charge in [0.15, 0.2) is 0 Å². The second-order valence-corrected chi connectivity index (χ2v) is 9.79. The first-order valence-corrected chi connectivity index (χ1v) is 12.7. The van der Waals surface area contributed by atoms with E-state index >= 15 is 0 Å². The molecule has 0 aromatic heterocycles. The lowest BCUT2D eigenvalue weighted by atomic mass is 9.94. The average Bonchev–Trinajstić information content (AvgIpc) is 3.24. The number of piperidine rings is 1. The second kappa shape index (κ2) is 11.0. The highest BCUT2D eigenvalue weighted by Gasteiger charge is 2.45. The molecule has 2 amide bonds. The number of aryl methyl sites for hydroxylation is 1. The molecule has 0 spiro atoms. The van der Waals surface area contributed by atoms with Crippen molar-refractivity contribution in [1.82, 2.24) is 4.90 Å². The van der Waals surface area contributed by atoms with Gasteiger partial charge in [-0.1, -0.05) is 60.2 Å². The molecular weight excluding hydrogens is 484 g/mol. The summed E-state index contributed by atoms with van der Waals surface area (Å²) in [6, 6.07) is 23.1. The molecule has 3 aromatic carbocycles.